The van der Waals surface area contributed by atoms with Crippen LogP contribution in [0.15, 0.2) is 42.7 Å². The number of morpholine rings is 1. The van der Waals surface area contributed by atoms with Crippen LogP contribution in [0.3, 0.4) is 0 Å². The molecule has 3 saturated heterocycles. The van der Waals surface area contributed by atoms with Crippen molar-refractivity contribution in [1.29, 1.82) is 0 Å². The van der Waals surface area contributed by atoms with Crippen molar-refractivity contribution in [2.24, 2.45) is 5.92 Å². The van der Waals surface area contributed by atoms with Crippen LogP contribution in [-0.2, 0) is 14.3 Å². The summed E-state index contributed by atoms with van der Waals surface area (Å²) in [6.07, 6.45) is 5.27. The van der Waals surface area contributed by atoms with Crippen LogP contribution in [0, 0.1) is 5.92 Å². The van der Waals surface area contributed by atoms with Gasteiger partial charge in [-0.15, -0.1) is 0 Å². The number of hydrogen-bond donors (Lipinski definition) is 2. The zero-order valence-corrected chi connectivity index (χ0v) is 17.1. The first-order valence-corrected chi connectivity index (χ1v) is 10.7. The zero-order chi connectivity index (χ0) is 21.4. The summed E-state index contributed by atoms with van der Waals surface area (Å²) in [5, 5.41) is 12.6. The molecule has 4 atom stereocenters. The number of carbonyl (C=O) groups is 2. The van der Waals surface area contributed by atoms with Gasteiger partial charge in [-0.1, -0.05) is 0 Å². The Morgan fingerprint density at radius 2 is 1.81 bits per heavy atom. The minimum atomic E-state index is -0.987. The maximum Gasteiger partial charge on any atom is 0.337 e. The Morgan fingerprint density at radius 1 is 1.06 bits per heavy atom. The number of carbonyl (C=O) groups excluding carboxylic acids is 1. The predicted molar refractivity (Wildman–Crippen MR) is 113 cm³/mol. The lowest BCUT2D eigenvalue weighted by molar-refractivity contribution is -0.121. The largest absolute Gasteiger partial charge is 0.478 e. The van der Waals surface area contributed by atoms with Crippen LogP contribution in [-0.4, -0.2) is 60.5 Å². The molecule has 2 bridgehead atoms. The van der Waals surface area contributed by atoms with Crippen molar-refractivity contribution >= 4 is 23.3 Å². The molecule has 8 nitrogen and oxygen atoms in total. The fourth-order valence-corrected chi connectivity index (χ4v) is 5.10. The quantitative estimate of drug-likeness (QED) is 0.762. The van der Waals surface area contributed by atoms with E-state index in [0.717, 1.165) is 18.4 Å². The Kier molecular flexibility index (Phi) is 5.33. The van der Waals surface area contributed by atoms with Crippen molar-refractivity contribution in [2.75, 3.05) is 36.5 Å². The maximum absolute atomic E-state index is 13.3. The number of amides is 1. The lowest BCUT2D eigenvalue weighted by Gasteiger charge is -2.30. The van der Waals surface area contributed by atoms with Gasteiger partial charge in [0.05, 0.1) is 42.6 Å². The van der Waals surface area contributed by atoms with Gasteiger partial charge in [-0.25, -0.2) is 4.79 Å². The summed E-state index contributed by atoms with van der Waals surface area (Å²) in [5.41, 5.74) is 2.48. The third-order valence-corrected chi connectivity index (χ3v) is 6.51. The van der Waals surface area contributed by atoms with Crippen LogP contribution in [0.4, 0.5) is 11.4 Å². The summed E-state index contributed by atoms with van der Waals surface area (Å²) in [7, 11) is 0. The number of carboxylic acid groups (broad SMARTS) is 1. The van der Waals surface area contributed by atoms with E-state index in [4.69, 9.17) is 9.47 Å². The number of benzene rings is 1. The normalized spacial score (nSPS) is 27.3. The highest BCUT2D eigenvalue weighted by molar-refractivity contribution is 5.98. The number of anilines is 2. The van der Waals surface area contributed by atoms with Gasteiger partial charge in [0.25, 0.3) is 0 Å². The minimum absolute atomic E-state index is 0.00115. The van der Waals surface area contributed by atoms with Gasteiger partial charge in [0.15, 0.2) is 0 Å². The highest BCUT2D eigenvalue weighted by atomic mass is 16.5. The third-order valence-electron chi connectivity index (χ3n) is 6.51. The molecule has 8 heteroatoms. The topological polar surface area (TPSA) is 101 Å². The molecule has 3 aliphatic rings. The Bertz CT molecular complexity index is 976. The Morgan fingerprint density at radius 3 is 2.55 bits per heavy atom. The van der Waals surface area contributed by atoms with E-state index < -0.39 is 5.97 Å². The molecule has 1 aromatic heterocycles. The van der Waals surface area contributed by atoms with Crippen molar-refractivity contribution in [3.05, 3.63) is 53.9 Å². The number of nitrogens with one attached hydrogen (secondary N) is 1. The van der Waals surface area contributed by atoms with Crippen molar-refractivity contribution in [3.63, 3.8) is 0 Å². The van der Waals surface area contributed by atoms with E-state index in [9.17, 15) is 14.7 Å². The fraction of sp³-hybridized carbons (Fsp3) is 0.435. The molecule has 0 spiro atoms. The van der Waals surface area contributed by atoms with E-state index in [-0.39, 0.29) is 35.5 Å². The van der Waals surface area contributed by atoms with Crippen LogP contribution < -0.4 is 10.2 Å². The zero-order valence-electron chi connectivity index (χ0n) is 17.1. The molecule has 0 unspecified atom stereocenters. The molecule has 3 aliphatic heterocycles. The second kappa shape index (κ2) is 8.28. The number of fused-ring (bicyclic) bond motifs is 2. The molecular formula is C23H25N3O5. The van der Waals surface area contributed by atoms with Gasteiger partial charge in [-0.05, 0) is 48.7 Å². The van der Waals surface area contributed by atoms with Crippen LogP contribution >= 0.6 is 0 Å². The van der Waals surface area contributed by atoms with Crippen molar-refractivity contribution in [2.45, 2.75) is 31.0 Å². The average molecular weight is 423 g/mol. The molecule has 162 valence electrons. The van der Waals surface area contributed by atoms with E-state index in [1.807, 2.05) is 17.0 Å². The van der Waals surface area contributed by atoms with Crippen molar-refractivity contribution in [1.82, 2.24) is 4.98 Å². The van der Waals surface area contributed by atoms with Gasteiger partial charge >= 0.3 is 5.97 Å². The van der Waals surface area contributed by atoms with E-state index in [1.54, 1.807) is 30.6 Å². The summed E-state index contributed by atoms with van der Waals surface area (Å²) in [6, 6.07) is 8.86. The number of hydrogen-bond acceptors (Lipinski definition) is 6. The molecule has 0 aliphatic carbocycles. The minimum Gasteiger partial charge on any atom is -0.478 e. The van der Waals surface area contributed by atoms with Crippen LogP contribution in [0.2, 0.25) is 0 Å². The molecule has 31 heavy (non-hydrogen) atoms. The molecule has 4 heterocycles. The van der Waals surface area contributed by atoms with Crippen molar-refractivity contribution in [3.8, 4) is 0 Å². The monoisotopic (exact) mass is 423 g/mol. The van der Waals surface area contributed by atoms with Gasteiger partial charge < -0.3 is 24.8 Å². The molecule has 2 N–H and O–H groups in total. The van der Waals surface area contributed by atoms with Crippen LogP contribution in [0.5, 0.6) is 0 Å². The molecule has 0 saturated carbocycles. The number of carboxylic acids is 1. The van der Waals surface area contributed by atoms with E-state index in [2.05, 4.69) is 10.3 Å². The van der Waals surface area contributed by atoms with Crippen LogP contribution in [0.1, 0.15) is 34.7 Å². The SMILES string of the molecule is O=C(O)c1ccc(NC(=O)[C@H]2[C@H](c3ccncc3)[C@@H]3CC[C@H]2O3)cc1N1CCOCC1. The number of nitrogens with zero attached hydrogens (tertiary/aromatic N) is 2. The van der Waals surface area contributed by atoms with Crippen LogP contribution in [0.25, 0.3) is 0 Å². The molecule has 5 rings (SSSR count). The lowest BCUT2D eigenvalue weighted by Crippen LogP contribution is -2.37. The van der Waals surface area contributed by atoms with Gasteiger partial charge in [0.2, 0.25) is 5.91 Å². The number of rotatable bonds is 5. The Balaban J connectivity index is 1.40. The highest BCUT2D eigenvalue weighted by Gasteiger charge is 2.52. The maximum atomic E-state index is 13.3. The standard InChI is InChI=1S/C23H25N3O5/c27-22(21-19-4-3-18(31-19)20(21)14-5-7-24-8-6-14)25-15-1-2-16(23(28)29)17(13-15)26-9-11-30-12-10-26/h1-2,5-8,13,18-21H,3-4,9-12H2,(H,25,27)(H,28,29)/t18-,19+,20+,21+/m0/s1. The first-order valence-electron chi connectivity index (χ1n) is 10.7. The fourth-order valence-electron chi connectivity index (χ4n) is 5.10. The Labute approximate surface area is 180 Å². The van der Waals surface area contributed by atoms with Crippen molar-refractivity contribution < 1.29 is 24.2 Å². The van der Waals surface area contributed by atoms with E-state index in [0.29, 0.717) is 37.7 Å². The molecule has 1 amide bonds. The lowest BCUT2D eigenvalue weighted by atomic mass is 9.75. The van der Waals surface area contributed by atoms with Gasteiger partial charge in [0, 0.05) is 37.1 Å². The smallest absolute Gasteiger partial charge is 0.337 e. The molecule has 2 aromatic rings. The first-order chi connectivity index (χ1) is 15.1. The first kappa shape index (κ1) is 20.0. The average Bonchev–Trinajstić information content (AvgIpc) is 3.42. The van der Waals surface area contributed by atoms with E-state index >= 15 is 0 Å². The number of aromatic nitrogens is 1. The van der Waals surface area contributed by atoms with Gasteiger partial charge in [0.1, 0.15) is 0 Å². The summed E-state index contributed by atoms with van der Waals surface area (Å²) in [4.78, 5) is 31.1. The Hall–Kier alpha value is -2.97. The molecule has 0 radical (unpaired) electrons. The molecule has 3 fully saturated rings. The third kappa shape index (κ3) is 3.77. The number of ether oxygens (including phenoxy) is 2. The second-order valence-corrected chi connectivity index (χ2v) is 8.25. The molecular weight excluding hydrogens is 398 g/mol. The number of pyridine rings is 1. The summed E-state index contributed by atoms with van der Waals surface area (Å²) < 4.78 is 11.5. The summed E-state index contributed by atoms with van der Waals surface area (Å²) >= 11 is 0. The highest BCUT2D eigenvalue weighted by Crippen LogP contribution is 2.49. The second-order valence-electron chi connectivity index (χ2n) is 8.25. The molecule has 1 aromatic carbocycles. The van der Waals surface area contributed by atoms with Gasteiger partial charge in [-0.2, -0.15) is 0 Å². The van der Waals surface area contributed by atoms with Gasteiger partial charge in [-0.3, -0.25) is 9.78 Å². The summed E-state index contributed by atoms with van der Waals surface area (Å²) in [6.45, 7) is 2.32. The summed E-state index contributed by atoms with van der Waals surface area (Å²) in [5.74, 6) is -1.37. The number of aromatic carboxylic acids is 1. The van der Waals surface area contributed by atoms with E-state index in [1.165, 1.54) is 0 Å². The predicted octanol–water partition coefficient (Wildman–Crippen LogP) is 2.52.